The van der Waals surface area contributed by atoms with Gasteiger partial charge in [0.25, 0.3) is 5.91 Å². The monoisotopic (exact) mass is 350 g/mol. The number of carbonyl (C=O) groups excluding carboxylic acids is 1. The van der Waals surface area contributed by atoms with Crippen molar-refractivity contribution in [3.05, 3.63) is 41.5 Å². The molecule has 0 heterocycles. The highest BCUT2D eigenvalue weighted by Crippen LogP contribution is 2.19. The number of sulfonamides is 1. The molecule has 1 aromatic carbocycles. The lowest BCUT2D eigenvalue weighted by atomic mass is 9.97. The first-order chi connectivity index (χ1) is 11.4. The van der Waals surface area contributed by atoms with E-state index in [1.807, 2.05) is 13.8 Å². The van der Waals surface area contributed by atoms with Crippen LogP contribution in [0.15, 0.2) is 40.8 Å². The van der Waals surface area contributed by atoms with Crippen molar-refractivity contribution in [3.63, 3.8) is 0 Å². The van der Waals surface area contributed by atoms with Crippen LogP contribution in [0.25, 0.3) is 0 Å². The fourth-order valence-electron chi connectivity index (χ4n) is 2.69. The minimum Gasteiger partial charge on any atom is -0.350 e. The van der Waals surface area contributed by atoms with Crippen LogP contribution in [0, 0.1) is 0 Å². The van der Waals surface area contributed by atoms with Gasteiger partial charge in [0.15, 0.2) is 0 Å². The van der Waals surface area contributed by atoms with E-state index in [0.29, 0.717) is 12.1 Å². The molecule has 0 saturated heterocycles. The third kappa shape index (κ3) is 5.46. The number of amides is 1. The molecule has 0 spiro atoms. The number of nitrogens with one attached hydrogen (secondary N) is 2. The molecular weight excluding hydrogens is 324 g/mol. The van der Waals surface area contributed by atoms with Crippen molar-refractivity contribution in [3.8, 4) is 0 Å². The second-order valence-electron chi connectivity index (χ2n) is 6.41. The molecule has 1 amide bonds. The molecule has 0 bridgehead atoms. The number of hydrogen-bond acceptors (Lipinski definition) is 3. The zero-order valence-electron chi connectivity index (χ0n) is 14.3. The zero-order chi connectivity index (χ0) is 17.6. The molecule has 0 atom stereocenters. The fraction of sp³-hybridized carbons (Fsp3) is 0.500. The topological polar surface area (TPSA) is 75.3 Å². The molecule has 6 heteroatoms. The van der Waals surface area contributed by atoms with Gasteiger partial charge in [-0.2, -0.15) is 0 Å². The Balaban J connectivity index is 1.93. The van der Waals surface area contributed by atoms with Gasteiger partial charge in [-0.15, -0.1) is 0 Å². The Hall–Kier alpha value is -1.66. The summed E-state index contributed by atoms with van der Waals surface area (Å²) in [5.74, 6) is -0.203. The summed E-state index contributed by atoms with van der Waals surface area (Å²) in [6.07, 6.45) is 7.57. The molecule has 1 aliphatic rings. The van der Waals surface area contributed by atoms with Gasteiger partial charge in [-0.05, 0) is 70.2 Å². The highest BCUT2D eigenvalue weighted by atomic mass is 32.2. The Kier molecular flexibility index (Phi) is 6.57. The summed E-state index contributed by atoms with van der Waals surface area (Å²) in [4.78, 5) is 12.1. The molecule has 2 rings (SSSR count). The molecule has 0 saturated carbocycles. The molecule has 24 heavy (non-hydrogen) atoms. The smallest absolute Gasteiger partial charge is 0.251 e. The van der Waals surface area contributed by atoms with Gasteiger partial charge in [0, 0.05) is 18.2 Å². The van der Waals surface area contributed by atoms with Crippen LogP contribution in [-0.2, 0) is 10.0 Å². The average molecular weight is 350 g/mol. The number of allylic oxidation sites excluding steroid dienone is 1. The summed E-state index contributed by atoms with van der Waals surface area (Å²) in [5.41, 5.74) is 1.79. The predicted molar refractivity (Wildman–Crippen MR) is 95.4 cm³/mol. The normalized spacial score (nSPS) is 15.2. The van der Waals surface area contributed by atoms with Gasteiger partial charge in [0.1, 0.15) is 0 Å². The van der Waals surface area contributed by atoms with Crippen molar-refractivity contribution in [2.75, 3.05) is 6.54 Å². The summed E-state index contributed by atoms with van der Waals surface area (Å²) in [7, 11) is -3.54. The van der Waals surface area contributed by atoms with Crippen LogP contribution in [0.5, 0.6) is 0 Å². The van der Waals surface area contributed by atoms with Crippen molar-refractivity contribution < 1.29 is 13.2 Å². The Morgan fingerprint density at radius 1 is 1.17 bits per heavy atom. The number of rotatable bonds is 7. The van der Waals surface area contributed by atoms with Gasteiger partial charge < -0.3 is 5.32 Å². The molecule has 0 aromatic heterocycles. The second-order valence-corrected chi connectivity index (χ2v) is 8.18. The van der Waals surface area contributed by atoms with Crippen LogP contribution in [0.3, 0.4) is 0 Å². The third-order valence-corrected chi connectivity index (χ3v) is 5.45. The SMILES string of the molecule is CC(C)NC(=O)c1ccc(S(=O)(=O)NCCC2=CCCCC2)cc1. The lowest BCUT2D eigenvalue weighted by Crippen LogP contribution is -2.30. The minimum atomic E-state index is -3.54. The largest absolute Gasteiger partial charge is 0.350 e. The van der Waals surface area contributed by atoms with Crippen LogP contribution >= 0.6 is 0 Å². The van der Waals surface area contributed by atoms with Crippen LogP contribution in [0.1, 0.15) is 56.3 Å². The summed E-state index contributed by atoms with van der Waals surface area (Å²) in [5, 5.41) is 2.78. The maximum Gasteiger partial charge on any atom is 0.251 e. The van der Waals surface area contributed by atoms with Gasteiger partial charge in [-0.1, -0.05) is 11.6 Å². The van der Waals surface area contributed by atoms with E-state index in [1.54, 1.807) is 0 Å². The van der Waals surface area contributed by atoms with Crippen LogP contribution < -0.4 is 10.0 Å². The first-order valence-corrected chi connectivity index (χ1v) is 9.95. The van der Waals surface area contributed by atoms with Crippen molar-refractivity contribution in [1.29, 1.82) is 0 Å². The van der Waals surface area contributed by atoms with Crippen LogP contribution in [-0.4, -0.2) is 26.9 Å². The van der Waals surface area contributed by atoms with Crippen LogP contribution in [0.4, 0.5) is 0 Å². The molecule has 132 valence electrons. The molecule has 0 unspecified atom stereocenters. The molecule has 0 radical (unpaired) electrons. The molecule has 1 aromatic rings. The zero-order valence-corrected chi connectivity index (χ0v) is 15.2. The van der Waals surface area contributed by atoms with E-state index in [4.69, 9.17) is 0 Å². The van der Waals surface area contributed by atoms with Crippen LogP contribution in [0.2, 0.25) is 0 Å². The van der Waals surface area contributed by atoms with Crippen molar-refractivity contribution in [1.82, 2.24) is 10.0 Å². The van der Waals surface area contributed by atoms with E-state index in [9.17, 15) is 13.2 Å². The summed E-state index contributed by atoms with van der Waals surface area (Å²) < 4.78 is 27.2. The van der Waals surface area contributed by atoms with E-state index < -0.39 is 10.0 Å². The number of hydrogen-bond donors (Lipinski definition) is 2. The van der Waals surface area contributed by atoms with Gasteiger partial charge in [-0.3, -0.25) is 4.79 Å². The number of benzene rings is 1. The Bertz CT molecular complexity index is 691. The lowest BCUT2D eigenvalue weighted by molar-refractivity contribution is 0.0943. The second kappa shape index (κ2) is 8.44. The van der Waals surface area contributed by atoms with Crippen molar-refractivity contribution in [2.45, 2.75) is 56.9 Å². The van der Waals surface area contributed by atoms with Crippen molar-refractivity contribution in [2.24, 2.45) is 0 Å². The third-order valence-electron chi connectivity index (χ3n) is 3.97. The lowest BCUT2D eigenvalue weighted by Gasteiger charge is -2.13. The first-order valence-electron chi connectivity index (χ1n) is 8.47. The van der Waals surface area contributed by atoms with E-state index in [2.05, 4.69) is 16.1 Å². The van der Waals surface area contributed by atoms with E-state index in [1.165, 1.54) is 42.7 Å². The molecule has 5 nitrogen and oxygen atoms in total. The molecule has 0 fully saturated rings. The van der Waals surface area contributed by atoms with Crippen molar-refractivity contribution >= 4 is 15.9 Å². The Morgan fingerprint density at radius 3 is 2.46 bits per heavy atom. The minimum absolute atomic E-state index is 0.0386. The quantitative estimate of drug-likeness (QED) is 0.742. The van der Waals surface area contributed by atoms with E-state index >= 15 is 0 Å². The maximum atomic E-state index is 12.3. The Labute approximate surface area is 144 Å². The Morgan fingerprint density at radius 2 is 1.88 bits per heavy atom. The van der Waals surface area contributed by atoms with E-state index in [-0.39, 0.29) is 16.8 Å². The maximum absolute atomic E-state index is 12.3. The average Bonchev–Trinajstić information content (AvgIpc) is 2.55. The standard InChI is InChI=1S/C18H26N2O3S/c1-14(2)20-18(21)16-8-10-17(11-9-16)24(22,23)19-13-12-15-6-4-3-5-7-15/h6,8-11,14,19H,3-5,7,12-13H2,1-2H3,(H,20,21). The highest BCUT2D eigenvalue weighted by molar-refractivity contribution is 7.89. The fourth-order valence-corrected chi connectivity index (χ4v) is 3.72. The van der Waals surface area contributed by atoms with Gasteiger partial charge >= 0.3 is 0 Å². The predicted octanol–water partition coefficient (Wildman–Crippen LogP) is 2.99. The number of carbonyl (C=O) groups is 1. The highest BCUT2D eigenvalue weighted by Gasteiger charge is 2.15. The van der Waals surface area contributed by atoms with Gasteiger partial charge in [-0.25, -0.2) is 13.1 Å². The summed E-state index contributed by atoms with van der Waals surface area (Å²) >= 11 is 0. The van der Waals surface area contributed by atoms with Gasteiger partial charge in [0.05, 0.1) is 4.90 Å². The molecule has 2 N–H and O–H groups in total. The summed E-state index contributed by atoms with van der Waals surface area (Å²) in [6, 6.07) is 6.05. The molecular formula is C18H26N2O3S. The van der Waals surface area contributed by atoms with E-state index in [0.717, 1.165) is 19.3 Å². The molecule has 1 aliphatic carbocycles. The summed E-state index contributed by atoms with van der Waals surface area (Å²) in [6.45, 7) is 4.16. The first kappa shape index (κ1) is 18.7. The van der Waals surface area contributed by atoms with Gasteiger partial charge in [0.2, 0.25) is 10.0 Å². The molecule has 0 aliphatic heterocycles.